The van der Waals surface area contributed by atoms with Crippen molar-refractivity contribution in [2.45, 2.75) is 85.5 Å². The lowest BCUT2D eigenvalue weighted by molar-refractivity contribution is 0.0696. The molecule has 0 aliphatic rings. The molecule has 16 heteroatoms. The van der Waals surface area contributed by atoms with Crippen LogP contribution in [0.5, 0.6) is 0 Å². The zero-order valence-corrected chi connectivity index (χ0v) is 30.9. The number of carbonyl (C=O) groups is 4. The smallest absolute Gasteiger partial charge is 0.335 e. The van der Waals surface area contributed by atoms with E-state index in [0.29, 0.717) is 78.9 Å². The number of amides is 2. The fourth-order valence-electron chi connectivity index (χ4n) is 6.97. The molecule has 0 fully saturated rings. The Morgan fingerprint density at radius 2 is 1.44 bits per heavy atom. The summed E-state index contributed by atoms with van der Waals surface area (Å²) >= 11 is 0. The van der Waals surface area contributed by atoms with E-state index in [0.717, 1.165) is 60.0 Å². The number of benzene rings is 2. The van der Waals surface area contributed by atoms with Gasteiger partial charge in [0.15, 0.2) is 6.29 Å². The van der Waals surface area contributed by atoms with Crippen LogP contribution in [0.2, 0.25) is 0 Å². The van der Waals surface area contributed by atoms with Gasteiger partial charge in [-0.05, 0) is 95.3 Å². The summed E-state index contributed by atoms with van der Waals surface area (Å²) in [6.45, 7) is 7.98. The van der Waals surface area contributed by atoms with E-state index in [2.05, 4.69) is 25.8 Å². The molecule has 6 rings (SSSR count). The zero-order chi connectivity index (χ0) is 38.5. The van der Waals surface area contributed by atoms with E-state index >= 15 is 0 Å². The van der Waals surface area contributed by atoms with Crippen LogP contribution in [0.15, 0.2) is 42.5 Å². The lowest BCUT2D eigenvalue weighted by Gasteiger charge is -2.13. The fraction of sp³-hybridized carbons (Fsp3) is 0.368. The molecule has 6 aromatic rings. The number of carbonyl (C=O) groups excluding carboxylic acids is 3. The highest BCUT2D eigenvalue weighted by atomic mass is 16.4. The molecule has 282 valence electrons. The van der Waals surface area contributed by atoms with Gasteiger partial charge in [0.25, 0.3) is 5.91 Å². The molecule has 0 radical (unpaired) electrons. The van der Waals surface area contributed by atoms with Crippen molar-refractivity contribution in [1.29, 1.82) is 0 Å². The van der Waals surface area contributed by atoms with E-state index in [1.54, 1.807) is 58.9 Å². The van der Waals surface area contributed by atoms with Gasteiger partial charge in [0.1, 0.15) is 11.4 Å². The van der Waals surface area contributed by atoms with Crippen molar-refractivity contribution < 1.29 is 24.3 Å². The largest absolute Gasteiger partial charge is 0.478 e. The van der Waals surface area contributed by atoms with Crippen molar-refractivity contribution in [3.63, 3.8) is 0 Å². The van der Waals surface area contributed by atoms with Crippen LogP contribution in [0.1, 0.15) is 97.7 Å². The van der Waals surface area contributed by atoms with Crippen LogP contribution in [0.3, 0.4) is 0 Å². The first-order valence-corrected chi connectivity index (χ1v) is 18.1. The van der Waals surface area contributed by atoms with Crippen molar-refractivity contribution in [2.75, 3.05) is 17.7 Å². The summed E-state index contributed by atoms with van der Waals surface area (Å²) in [5, 5.41) is 24.7. The topological polar surface area (TPSA) is 210 Å². The van der Waals surface area contributed by atoms with Gasteiger partial charge in [0.2, 0.25) is 17.8 Å². The molecule has 5 N–H and O–H groups in total. The normalized spacial score (nSPS) is 11.4. The summed E-state index contributed by atoms with van der Waals surface area (Å²) in [6.07, 6.45) is 5.44. The molecular formula is C38H45N11O5. The van der Waals surface area contributed by atoms with Gasteiger partial charge in [-0.15, -0.1) is 0 Å². The summed E-state index contributed by atoms with van der Waals surface area (Å²) in [5.41, 5.74) is 12.3. The number of nitrogens with two attached hydrogens (primary N) is 1. The Morgan fingerprint density at radius 3 is 2.07 bits per heavy atom. The number of aromatic carboxylic acids is 1. The van der Waals surface area contributed by atoms with Crippen LogP contribution in [-0.2, 0) is 32.6 Å². The van der Waals surface area contributed by atoms with E-state index in [-0.39, 0.29) is 11.5 Å². The number of fused-ring (bicyclic) bond motifs is 2. The third-order valence-corrected chi connectivity index (χ3v) is 9.61. The number of unbranched alkanes of at least 4 members (excludes halogenated alkanes) is 3. The van der Waals surface area contributed by atoms with Crippen LogP contribution in [0, 0.1) is 13.8 Å². The number of nitrogens with one attached hydrogen (secondary N) is 2. The monoisotopic (exact) mass is 735 g/mol. The minimum atomic E-state index is -1.01. The first-order valence-electron chi connectivity index (χ1n) is 18.1. The van der Waals surface area contributed by atoms with Crippen molar-refractivity contribution in [3.8, 4) is 0 Å². The first-order chi connectivity index (χ1) is 26.0. The summed E-state index contributed by atoms with van der Waals surface area (Å²) in [4.78, 5) is 58.3. The quantitative estimate of drug-likeness (QED) is 0.0669. The van der Waals surface area contributed by atoms with Crippen LogP contribution in [0.4, 0.5) is 11.9 Å². The Bertz CT molecular complexity index is 2360. The number of primary amides is 1. The molecule has 0 saturated carbocycles. The van der Waals surface area contributed by atoms with E-state index in [4.69, 9.17) is 10.7 Å². The SMILES string of the molecule is CCn1nc(C)c(CCCCCn2nc(C)cc2C=O)c1C(=O)Nc1nc2cc(C(N)=O)ccc2n1CCCCn1c(NC)nc2cc(C(=O)O)ccc21. The fourth-order valence-corrected chi connectivity index (χ4v) is 6.97. The molecule has 2 amide bonds. The van der Waals surface area contributed by atoms with E-state index in [1.165, 1.54) is 0 Å². The Hall–Kier alpha value is -6.32. The predicted molar refractivity (Wildman–Crippen MR) is 204 cm³/mol. The van der Waals surface area contributed by atoms with Gasteiger partial charge in [-0.2, -0.15) is 10.2 Å². The average Bonchev–Trinajstić information content (AvgIpc) is 3.89. The summed E-state index contributed by atoms with van der Waals surface area (Å²) in [6, 6.07) is 11.7. The lowest BCUT2D eigenvalue weighted by Crippen LogP contribution is -2.21. The second-order valence-electron chi connectivity index (χ2n) is 13.3. The maximum absolute atomic E-state index is 14.1. The van der Waals surface area contributed by atoms with Crippen LogP contribution < -0.4 is 16.4 Å². The molecular weight excluding hydrogens is 690 g/mol. The van der Waals surface area contributed by atoms with E-state index in [9.17, 15) is 24.3 Å². The Labute approximate surface area is 311 Å². The molecule has 54 heavy (non-hydrogen) atoms. The molecule has 0 saturated heterocycles. The highest BCUT2D eigenvalue weighted by molar-refractivity contribution is 6.04. The number of rotatable bonds is 18. The summed E-state index contributed by atoms with van der Waals surface area (Å²) in [5.74, 6) is -0.937. The zero-order valence-electron chi connectivity index (χ0n) is 30.9. The van der Waals surface area contributed by atoms with Crippen molar-refractivity contribution in [2.24, 2.45) is 5.73 Å². The summed E-state index contributed by atoms with van der Waals surface area (Å²) < 4.78 is 7.41. The standard InChI is InChI=1S/C38H45N11O5/c1-5-48-33(28(24(3)45-48)11-7-6-8-18-49-27(22-50)19-23(2)44-49)35(52)43-38-42-29-20-25(34(39)51)12-14-32(29)47(38)17-10-9-16-46-31-15-13-26(36(53)54)21-30(31)41-37(46)40-4/h12-15,19-22H,5-11,16-18H2,1-4H3,(H2,39,51)(H,40,41)(H,53,54)(H,42,43,52). The molecule has 2 aromatic carbocycles. The molecule has 0 bridgehead atoms. The number of anilines is 2. The number of aryl methyl sites for hydroxylation is 6. The highest BCUT2D eigenvalue weighted by Gasteiger charge is 2.24. The molecule has 0 unspecified atom stereocenters. The number of carboxylic acid groups (broad SMARTS) is 1. The van der Waals surface area contributed by atoms with Gasteiger partial charge >= 0.3 is 5.97 Å². The number of imidazole rings is 2. The minimum Gasteiger partial charge on any atom is -0.478 e. The molecule has 16 nitrogen and oxygen atoms in total. The van der Waals surface area contributed by atoms with Gasteiger partial charge in [0.05, 0.1) is 39.0 Å². The maximum atomic E-state index is 14.1. The number of aldehydes is 1. The number of carboxylic acids is 1. The third-order valence-electron chi connectivity index (χ3n) is 9.61. The van der Waals surface area contributed by atoms with E-state index < -0.39 is 11.9 Å². The highest BCUT2D eigenvalue weighted by Crippen LogP contribution is 2.26. The molecule has 0 spiro atoms. The van der Waals surface area contributed by atoms with Crippen molar-refractivity contribution in [3.05, 3.63) is 81.9 Å². The number of hydrogen-bond acceptors (Lipinski definition) is 9. The van der Waals surface area contributed by atoms with Crippen LogP contribution in [0.25, 0.3) is 22.1 Å². The van der Waals surface area contributed by atoms with Gasteiger partial charge < -0.3 is 25.3 Å². The van der Waals surface area contributed by atoms with Crippen molar-refractivity contribution in [1.82, 2.24) is 38.7 Å². The van der Waals surface area contributed by atoms with Gasteiger partial charge in [-0.25, -0.2) is 14.8 Å². The second kappa shape index (κ2) is 16.1. The molecule has 0 atom stereocenters. The van der Waals surface area contributed by atoms with E-state index in [1.807, 2.05) is 29.9 Å². The number of aromatic nitrogens is 8. The molecule has 0 aliphatic heterocycles. The maximum Gasteiger partial charge on any atom is 0.335 e. The Kier molecular flexibility index (Phi) is 11.2. The second-order valence-corrected chi connectivity index (χ2v) is 13.3. The van der Waals surface area contributed by atoms with Crippen LogP contribution >= 0.6 is 0 Å². The minimum absolute atomic E-state index is 0.173. The predicted octanol–water partition coefficient (Wildman–Crippen LogP) is 5.21. The Balaban J connectivity index is 1.19. The molecule has 0 aliphatic carbocycles. The average molecular weight is 736 g/mol. The number of hydrogen-bond donors (Lipinski definition) is 4. The lowest BCUT2D eigenvalue weighted by atomic mass is 10.0. The van der Waals surface area contributed by atoms with Crippen molar-refractivity contribution >= 4 is 58.0 Å². The molecule has 4 aromatic heterocycles. The number of nitrogens with zero attached hydrogens (tertiary/aromatic N) is 8. The summed E-state index contributed by atoms with van der Waals surface area (Å²) in [7, 11) is 1.77. The van der Waals surface area contributed by atoms with Gasteiger partial charge in [-0.3, -0.25) is 29.1 Å². The first kappa shape index (κ1) is 37.4. The third kappa shape index (κ3) is 7.72. The van der Waals surface area contributed by atoms with Gasteiger partial charge in [0, 0.05) is 44.4 Å². The Morgan fingerprint density at radius 1 is 0.815 bits per heavy atom. The van der Waals surface area contributed by atoms with Gasteiger partial charge in [-0.1, -0.05) is 6.42 Å². The molecule has 4 heterocycles. The van der Waals surface area contributed by atoms with Crippen LogP contribution in [-0.4, -0.2) is 74.9 Å².